The molecule has 1 aliphatic rings. The van der Waals surface area contributed by atoms with Gasteiger partial charge in [0.15, 0.2) is 0 Å². The van der Waals surface area contributed by atoms with Crippen LogP contribution in [0, 0.1) is 6.92 Å². The molecule has 0 saturated carbocycles. The molecule has 1 aromatic rings. The number of fused-ring (bicyclic) bond motifs is 1. The molecule has 21 heavy (non-hydrogen) atoms. The van der Waals surface area contributed by atoms with Crippen LogP contribution in [0.15, 0.2) is 16.6 Å². The van der Waals surface area contributed by atoms with Crippen LogP contribution >= 0.6 is 15.9 Å². The highest BCUT2D eigenvalue weighted by Gasteiger charge is 2.36. The summed E-state index contributed by atoms with van der Waals surface area (Å²) in [5.74, 6) is -0.891. The van der Waals surface area contributed by atoms with E-state index in [9.17, 15) is 9.59 Å². The molecule has 1 heterocycles. The van der Waals surface area contributed by atoms with Crippen molar-refractivity contribution in [1.82, 2.24) is 0 Å². The number of ether oxygens (including phenoxy) is 2. The molecule has 0 aromatic heterocycles. The minimum Gasteiger partial charge on any atom is -0.382 e. The Bertz CT molecular complexity index is 559. The van der Waals surface area contributed by atoms with Crippen LogP contribution in [0.2, 0.25) is 0 Å². The zero-order valence-electron chi connectivity index (χ0n) is 12.1. The van der Waals surface area contributed by atoms with Crippen molar-refractivity contribution in [2.24, 2.45) is 0 Å². The number of carbonyl (C=O) groups is 2. The minimum absolute atomic E-state index is 0.435. The van der Waals surface area contributed by atoms with E-state index in [-0.39, 0.29) is 0 Å². The quantitative estimate of drug-likeness (QED) is 0.556. The van der Waals surface area contributed by atoms with Gasteiger partial charge in [-0.05, 0) is 31.0 Å². The SMILES string of the molecule is COCCOCCCN1C(=O)C(=O)c2cc(Br)cc(C)c21. The fourth-order valence-electron chi connectivity index (χ4n) is 2.39. The lowest BCUT2D eigenvalue weighted by molar-refractivity contribution is -0.114. The number of amides is 1. The van der Waals surface area contributed by atoms with Crippen LogP contribution in [0.4, 0.5) is 5.69 Å². The number of hydrogen-bond acceptors (Lipinski definition) is 4. The normalized spacial score (nSPS) is 14.0. The van der Waals surface area contributed by atoms with Gasteiger partial charge < -0.3 is 14.4 Å². The maximum absolute atomic E-state index is 12.1. The highest BCUT2D eigenvalue weighted by atomic mass is 79.9. The van der Waals surface area contributed by atoms with Gasteiger partial charge in [0.2, 0.25) is 0 Å². The van der Waals surface area contributed by atoms with E-state index < -0.39 is 11.7 Å². The average molecular weight is 356 g/mol. The summed E-state index contributed by atoms with van der Waals surface area (Å²) in [7, 11) is 1.62. The minimum atomic E-state index is -0.455. The maximum Gasteiger partial charge on any atom is 0.299 e. The van der Waals surface area contributed by atoms with E-state index in [0.717, 1.165) is 15.7 Å². The number of aryl methyl sites for hydroxylation is 1. The molecule has 0 spiro atoms. The lowest BCUT2D eigenvalue weighted by Gasteiger charge is -2.18. The highest BCUT2D eigenvalue weighted by molar-refractivity contribution is 9.10. The summed E-state index contributed by atoms with van der Waals surface area (Å²) in [6.45, 7) is 4.00. The number of carbonyl (C=O) groups excluding carboxylic acids is 2. The number of benzene rings is 1. The summed E-state index contributed by atoms with van der Waals surface area (Å²) in [5.41, 5.74) is 2.12. The van der Waals surface area contributed by atoms with Gasteiger partial charge in [-0.25, -0.2) is 0 Å². The zero-order chi connectivity index (χ0) is 15.4. The van der Waals surface area contributed by atoms with Gasteiger partial charge in [0.1, 0.15) is 0 Å². The Labute approximate surface area is 132 Å². The molecular weight excluding hydrogens is 338 g/mol. The molecule has 0 fully saturated rings. The second-order valence-corrected chi connectivity index (χ2v) is 5.78. The molecule has 1 aromatic carbocycles. The predicted octanol–water partition coefficient (Wildman–Crippen LogP) is 2.34. The number of halogens is 1. The van der Waals surface area contributed by atoms with Crippen molar-refractivity contribution in [1.29, 1.82) is 0 Å². The summed E-state index contributed by atoms with van der Waals surface area (Å²) in [5, 5.41) is 0. The van der Waals surface area contributed by atoms with E-state index in [4.69, 9.17) is 9.47 Å². The first kappa shape index (κ1) is 16.1. The molecule has 114 valence electrons. The number of hydrogen-bond donors (Lipinski definition) is 0. The molecule has 2 rings (SSSR count). The summed E-state index contributed by atoms with van der Waals surface area (Å²) >= 11 is 3.36. The molecule has 0 saturated heterocycles. The molecule has 0 radical (unpaired) electrons. The van der Waals surface area contributed by atoms with Gasteiger partial charge in [0.05, 0.1) is 24.5 Å². The van der Waals surface area contributed by atoms with Gasteiger partial charge in [0, 0.05) is 24.7 Å². The van der Waals surface area contributed by atoms with Gasteiger partial charge in [-0.3, -0.25) is 9.59 Å². The van der Waals surface area contributed by atoms with Crippen molar-refractivity contribution in [3.63, 3.8) is 0 Å². The summed E-state index contributed by atoms with van der Waals surface area (Å²) < 4.78 is 11.1. The molecule has 0 N–H and O–H groups in total. The lowest BCUT2D eigenvalue weighted by atomic mass is 10.1. The third-order valence-electron chi connectivity index (χ3n) is 3.32. The Hall–Kier alpha value is -1.24. The summed E-state index contributed by atoms with van der Waals surface area (Å²) in [6.07, 6.45) is 0.678. The number of methoxy groups -OCH3 is 1. The molecule has 6 heteroatoms. The molecule has 0 atom stereocenters. The summed E-state index contributed by atoms with van der Waals surface area (Å²) in [6, 6.07) is 3.62. The van der Waals surface area contributed by atoms with Gasteiger partial charge in [-0.15, -0.1) is 0 Å². The van der Waals surface area contributed by atoms with Crippen LogP contribution < -0.4 is 4.90 Å². The average Bonchev–Trinajstić information content (AvgIpc) is 2.68. The Morgan fingerprint density at radius 1 is 1.19 bits per heavy atom. The molecule has 0 unspecified atom stereocenters. The molecule has 5 nitrogen and oxygen atoms in total. The van der Waals surface area contributed by atoms with Crippen molar-refractivity contribution in [2.45, 2.75) is 13.3 Å². The van der Waals surface area contributed by atoms with Crippen LogP contribution in [0.25, 0.3) is 0 Å². The van der Waals surface area contributed by atoms with Gasteiger partial charge >= 0.3 is 0 Å². The maximum atomic E-state index is 12.1. The van der Waals surface area contributed by atoms with E-state index in [1.54, 1.807) is 18.1 Å². The summed E-state index contributed by atoms with van der Waals surface area (Å²) in [4.78, 5) is 25.7. The largest absolute Gasteiger partial charge is 0.382 e. The third-order valence-corrected chi connectivity index (χ3v) is 3.78. The Kier molecular flexibility index (Phi) is 5.50. The number of rotatable bonds is 7. The smallest absolute Gasteiger partial charge is 0.299 e. The van der Waals surface area contributed by atoms with E-state index >= 15 is 0 Å². The van der Waals surface area contributed by atoms with Gasteiger partial charge in [-0.2, -0.15) is 0 Å². The van der Waals surface area contributed by atoms with Gasteiger partial charge in [0.25, 0.3) is 11.7 Å². The molecular formula is C15H18BrNO4. The highest BCUT2D eigenvalue weighted by Crippen LogP contribution is 2.34. The molecule has 1 amide bonds. The Balaban J connectivity index is 2.02. The second kappa shape index (κ2) is 7.15. The van der Waals surface area contributed by atoms with E-state index in [2.05, 4.69) is 15.9 Å². The second-order valence-electron chi connectivity index (χ2n) is 4.86. The number of ketones is 1. The molecule has 0 aliphatic carbocycles. The zero-order valence-corrected chi connectivity index (χ0v) is 13.7. The van der Waals surface area contributed by atoms with E-state index in [0.29, 0.717) is 38.3 Å². The van der Waals surface area contributed by atoms with Crippen molar-refractivity contribution in [2.75, 3.05) is 38.4 Å². The number of Topliss-reactive ketones (excluding diaryl/α,β-unsaturated/α-hetero) is 1. The number of anilines is 1. The van der Waals surface area contributed by atoms with Crippen molar-refractivity contribution < 1.29 is 19.1 Å². The fraction of sp³-hybridized carbons (Fsp3) is 0.467. The Morgan fingerprint density at radius 3 is 2.67 bits per heavy atom. The van der Waals surface area contributed by atoms with Crippen LogP contribution in [0.1, 0.15) is 22.3 Å². The predicted molar refractivity (Wildman–Crippen MR) is 82.9 cm³/mol. The van der Waals surface area contributed by atoms with Gasteiger partial charge in [-0.1, -0.05) is 15.9 Å². The monoisotopic (exact) mass is 355 g/mol. The van der Waals surface area contributed by atoms with Crippen LogP contribution in [-0.2, 0) is 14.3 Å². The standard InChI is InChI=1S/C15H18BrNO4/c1-10-8-11(16)9-12-13(10)17(15(19)14(12)18)4-3-5-21-7-6-20-2/h8-9H,3-7H2,1-2H3. The first-order valence-corrected chi connectivity index (χ1v) is 7.58. The first-order chi connectivity index (χ1) is 10.1. The van der Waals surface area contributed by atoms with Crippen molar-refractivity contribution in [3.8, 4) is 0 Å². The topological polar surface area (TPSA) is 55.8 Å². The first-order valence-electron chi connectivity index (χ1n) is 6.79. The van der Waals surface area contributed by atoms with Crippen LogP contribution in [0.3, 0.4) is 0 Å². The van der Waals surface area contributed by atoms with Crippen molar-refractivity contribution in [3.05, 3.63) is 27.7 Å². The van der Waals surface area contributed by atoms with Crippen LogP contribution in [-0.4, -0.2) is 45.2 Å². The fourth-order valence-corrected chi connectivity index (χ4v) is 2.96. The van der Waals surface area contributed by atoms with E-state index in [1.165, 1.54) is 0 Å². The third kappa shape index (κ3) is 3.51. The van der Waals surface area contributed by atoms with Crippen LogP contribution in [0.5, 0.6) is 0 Å². The van der Waals surface area contributed by atoms with E-state index in [1.807, 2.05) is 13.0 Å². The van der Waals surface area contributed by atoms with Crippen molar-refractivity contribution >= 4 is 33.3 Å². The number of nitrogens with zero attached hydrogens (tertiary/aromatic N) is 1. The molecule has 1 aliphatic heterocycles. The molecule has 0 bridgehead atoms. The Morgan fingerprint density at radius 2 is 1.95 bits per heavy atom. The lowest BCUT2D eigenvalue weighted by Crippen LogP contribution is -2.31.